The van der Waals surface area contributed by atoms with Crippen molar-refractivity contribution in [2.45, 2.75) is 50.7 Å². The van der Waals surface area contributed by atoms with Gasteiger partial charge in [-0.2, -0.15) is 0 Å². The molecule has 6 heteroatoms. The number of hydrogen-bond acceptors (Lipinski definition) is 6. The van der Waals surface area contributed by atoms with Crippen LogP contribution < -0.4 is 0 Å². The summed E-state index contributed by atoms with van der Waals surface area (Å²) in [5.41, 5.74) is 1.04. The predicted molar refractivity (Wildman–Crippen MR) is 79.0 cm³/mol. The van der Waals surface area contributed by atoms with Gasteiger partial charge in [-0.05, 0) is 19.4 Å². The molecule has 1 aliphatic rings. The van der Waals surface area contributed by atoms with Gasteiger partial charge in [-0.25, -0.2) is 0 Å². The molecule has 1 aromatic carbocycles. The Morgan fingerprint density at radius 1 is 1.18 bits per heavy atom. The molecule has 3 N–H and O–H groups in total. The van der Waals surface area contributed by atoms with Gasteiger partial charge in [0.25, 0.3) is 0 Å². The molecule has 1 saturated heterocycles. The third-order valence-corrected chi connectivity index (χ3v) is 3.53. The summed E-state index contributed by atoms with van der Waals surface area (Å²) in [6, 6.07) is 9.71. The highest BCUT2D eigenvalue weighted by Crippen LogP contribution is 2.31. The predicted octanol–water partition coefficient (Wildman–Crippen LogP) is 0.437. The molecule has 124 valence electrons. The number of hydrogen-bond donors (Lipinski definition) is 3. The van der Waals surface area contributed by atoms with Crippen molar-refractivity contribution in [1.82, 2.24) is 0 Å². The number of rotatable bonds is 7. The van der Waals surface area contributed by atoms with Gasteiger partial charge in [0.2, 0.25) is 0 Å². The molecule has 0 saturated carbocycles. The monoisotopic (exact) mass is 312 g/mol. The van der Waals surface area contributed by atoms with Gasteiger partial charge in [0.15, 0.2) is 5.79 Å². The Morgan fingerprint density at radius 2 is 1.86 bits per heavy atom. The molecule has 1 heterocycles. The molecular weight excluding hydrogens is 288 g/mol. The van der Waals surface area contributed by atoms with Crippen LogP contribution >= 0.6 is 0 Å². The zero-order chi connectivity index (χ0) is 16.2. The summed E-state index contributed by atoms with van der Waals surface area (Å²) in [6.07, 6.45) is -3.79. The molecule has 1 aromatic rings. The number of aliphatic hydroxyl groups is 3. The molecule has 4 atom stereocenters. The third kappa shape index (κ3) is 4.49. The average molecular weight is 312 g/mol. The first-order valence-corrected chi connectivity index (χ1v) is 7.37. The highest BCUT2D eigenvalue weighted by Gasteiger charge is 2.46. The van der Waals surface area contributed by atoms with E-state index in [4.69, 9.17) is 19.3 Å². The van der Waals surface area contributed by atoms with Gasteiger partial charge in [-0.15, -0.1) is 0 Å². The van der Waals surface area contributed by atoms with Gasteiger partial charge in [-0.3, -0.25) is 0 Å². The van der Waals surface area contributed by atoms with Crippen LogP contribution in [0.1, 0.15) is 19.4 Å². The second kappa shape index (κ2) is 7.50. The van der Waals surface area contributed by atoms with Crippen molar-refractivity contribution in [2.75, 3.05) is 13.2 Å². The van der Waals surface area contributed by atoms with Crippen molar-refractivity contribution in [2.24, 2.45) is 0 Å². The molecule has 0 amide bonds. The van der Waals surface area contributed by atoms with Gasteiger partial charge in [-0.1, -0.05) is 30.3 Å². The van der Waals surface area contributed by atoms with Crippen molar-refractivity contribution >= 4 is 0 Å². The first-order valence-electron chi connectivity index (χ1n) is 7.37. The molecule has 1 fully saturated rings. The number of ether oxygens (including phenoxy) is 3. The van der Waals surface area contributed by atoms with Crippen LogP contribution in [-0.2, 0) is 20.8 Å². The van der Waals surface area contributed by atoms with Crippen LogP contribution in [0.25, 0.3) is 0 Å². The van der Waals surface area contributed by atoms with E-state index in [1.807, 2.05) is 30.3 Å². The highest BCUT2D eigenvalue weighted by molar-refractivity contribution is 5.13. The first-order chi connectivity index (χ1) is 10.4. The smallest absolute Gasteiger partial charge is 0.164 e. The van der Waals surface area contributed by atoms with Crippen LogP contribution in [0, 0.1) is 0 Å². The van der Waals surface area contributed by atoms with Crippen LogP contribution in [-0.4, -0.2) is 58.7 Å². The number of aliphatic hydroxyl groups excluding tert-OH is 3. The van der Waals surface area contributed by atoms with E-state index < -0.39 is 36.8 Å². The maximum atomic E-state index is 10.1. The molecule has 0 bridgehead atoms. The maximum absolute atomic E-state index is 10.1. The molecule has 0 unspecified atom stereocenters. The van der Waals surface area contributed by atoms with E-state index in [0.29, 0.717) is 6.61 Å². The Morgan fingerprint density at radius 3 is 2.50 bits per heavy atom. The lowest BCUT2D eigenvalue weighted by Gasteiger charge is -2.25. The second-order valence-electron chi connectivity index (χ2n) is 5.88. The van der Waals surface area contributed by atoms with Gasteiger partial charge >= 0.3 is 0 Å². The largest absolute Gasteiger partial charge is 0.394 e. The highest BCUT2D eigenvalue weighted by atomic mass is 16.8. The van der Waals surface area contributed by atoms with E-state index in [2.05, 4.69) is 0 Å². The minimum absolute atomic E-state index is 0.220. The van der Waals surface area contributed by atoms with Crippen molar-refractivity contribution in [3.05, 3.63) is 35.9 Å². The summed E-state index contributed by atoms with van der Waals surface area (Å²) in [6.45, 7) is 3.56. The average Bonchev–Trinajstić information content (AvgIpc) is 2.81. The van der Waals surface area contributed by atoms with Crippen molar-refractivity contribution < 1.29 is 29.5 Å². The normalized spacial score (nSPS) is 26.8. The molecule has 0 spiro atoms. The molecule has 2 rings (SSSR count). The fourth-order valence-corrected chi connectivity index (χ4v) is 2.48. The zero-order valence-electron chi connectivity index (χ0n) is 12.9. The Labute approximate surface area is 130 Å². The molecule has 0 aromatic heterocycles. The van der Waals surface area contributed by atoms with Gasteiger partial charge in [0.1, 0.15) is 24.4 Å². The molecular formula is C16H24O6. The zero-order valence-corrected chi connectivity index (χ0v) is 12.9. The fourth-order valence-electron chi connectivity index (χ4n) is 2.48. The summed E-state index contributed by atoms with van der Waals surface area (Å²) in [5, 5.41) is 28.6. The van der Waals surface area contributed by atoms with Gasteiger partial charge < -0.3 is 29.5 Å². The fraction of sp³-hybridized carbons (Fsp3) is 0.625. The van der Waals surface area contributed by atoms with Crippen LogP contribution in [0.4, 0.5) is 0 Å². The van der Waals surface area contributed by atoms with Gasteiger partial charge in [0.05, 0.1) is 19.8 Å². The molecule has 22 heavy (non-hydrogen) atoms. The van der Waals surface area contributed by atoms with Crippen molar-refractivity contribution in [3.63, 3.8) is 0 Å². The summed E-state index contributed by atoms with van der Waals surface area (Å²) >= 11 is 0. The van der Waals surface area contributed by atoms with Crippen molar-refractivity contribution in [1.29, 1.82) is 0 Å². The lowest BCUT2D eigenvalue weighted by molar-refractivity contribution is -0.165. The third-order valence-electron chi connectivity index (χ3n) is 3.53. The Balaban J connectivity index is 1.92. The molecule has 1 aliphatic heterocycles. The molecule has 6 nitrogen and oxygen atoms in total. The minimum atomic E-state index is -1.28. The SMILES string of the molecule is CC1(C)O[C@@H]([C@H](O)[C@H](O)CO)[C@H](COCc2ccccc2)O1. The summed E-state index contributed by atoms with van der Waals surface area (Å²) < 4.78 is 17.0. The quantitative estimate of drug-likeness (QED) is 0.677. The van der Waals surface area contributed by atoms with Crippen LogP contribution in [0.5, 0.6) is 0 Å². The van der Waals surface area contributed by atoms with Crippen LogP contribution in [0.15, 0.2) is 30.3 Å². The lowest BCUT2D eigenvalue weighted by atomic mass is 10.0. The van der Waals surface area contributed by atoms with E-state index in [0.717, 1.165) is 5.56 Å². The topological polar surface area (TPSA) is 88.4 Å². The first kappa shape index (κ1) is 17.3. The van der Waals surface area contributed by atoms with E-state index in [1.165, 1.54) is 0 Å². The van der Waals surface area contributed by atoms with E-state index in [-0.39, 0.29) is 6.61 Å². The molecule has 0 radical (unpaired) electrons. The van der Waals surface area contributed by atoms with E-state index in [1.54, 1.807) is 13.8 Å². The Hall–Kier alpha value is -1.02. The minimum Gasteiger partial charge on any atom is -0.394 e. The summed E-state index contributed by atoms with van der Waals surface area (Å²) in [4.78, 5) is 0. The second-order valence-corrected chi connectivity index (χ2v) is 5.88. The van der Waals surface area contributed by atoms with Crippen LogP contribution in [0.2, 0.25) is 0 Å². The summed E-state index contributed by atoms with van der Waals surface area (Å²) in [5.74, 6) is -0.873. The maximum Gasteiger partial charge on any atom is 0.164 e. The Kier molecular flexibility index (Phi) is 5.91. The van der Waals surface area contributed by atoms with Crippen molar-refractivity contribution in [3.8, 4) is 0 Å². The van der Waals surface area contributed by atoms with Gasteiger partial charge in [0, 0.05) is 0 Å². The lowest BCUT2D eigenvalue weighted by Crippen LogP contribution is -2.46. The standard InChI is InChI=1S/C16H24O6/c1-16(2)21-13(15(22-16)14(19)12(18)8-17)10-20-9-11-6-4-3-5-7-11/h3-7,12-15,17-19H,8-10H2,1-2H3/t12-,13+,14-,15-/m1/s1. The number of benzene rings is 1. The molecule has 0 aliphatic carbocycles. The van der Waals surface area contributed by atoms with Crippen LogP contribution in [0.3, 0.4) is 0 Å². The van der Waals surface area contributed by atoms with E-state index in [9.17, 15) is 10.2 Å². The van der Waals surface area contributed by atoms with E-state index >= 15 is 0 Å². The summed E-state index contributed by atoms with van der Waals surface area (Å²) in [7, 11) is 0. The Bertz CT molecular complexity index is 449.